The van der Waals surface area contributed by atoms with Crippen LogP contribution in [0.4, 0.5) is 5.69 Å². The molecule has 9 heteroatoms. The van der Waals surface area contributed by atoms with E-state index in [0.717, 1.165) is 21.5 Å². The number of fused-ring (bicyclic) bond motifs is 1. The molecule has 3 amide bonds. The number of hydrogen-bond acceptors (Lipinski definition) is 6. The van der Waals surface area contributed by atoms with E-state index in [9.17, 15) is 14.4 Å². The van der Waals surface area contributed by atoms with Crippen molar-refractivity contribution in [3.8, 4) is 11.5 Å². The maximum absolute atomic E-state index is 13.6. The number of benzene rings is 3. The van der Waals surface area contributed by atoms with Crippen LogP contribution in [0.15, 0.2) is 94.7 Å². The van der Waals surface area contributed by atoms with E-state index in [0.29, 0.717) is 33.5 Å². The van der Waals surface area contributed by atoms with Crippen LogP contribution in [-0.4, -0.2) is 40.2 Å². The maximum Gasteiger partial charge on any atom is 0.264 e. The fourth-order valence-electron chi connectivity index (χ4n) is 4.76. The van der Waals surface area contributed by atoms with Crippen LogP contribution < -0.4 is 4.90 Å². The molecule has 0 radical (unpaired) electrons. The Bertz CT molecular complexity index is 1650. The summed E-state index contributed by atoms with van der Waals surface area (Å²) in [5.74, 6) is -0.600. The molecule has 1 fully saturated rings. The van der Waals surface area contributed by atoms with E-state index in [1.165, 1.54) is 16.2 Å². The Labute approximate surface area is 233 Å². The first-order valence-electron chi connectivity index (χ1n) is 12.4. The summed E-state index contributed by atoms with van der Waals surface area (Å²) in [6, 6.07) is 24.4. The van der Waals surface area contributed by atoms with Crippen molar-refractivity contribution < 1.29 is 18.8 Å². The first-order chi connectivity index (χ1) is 19.0. The third kappa shape index (κ3) is 4.96. The predicted molar refractivity (Wildman–Crippen MR) is 151 cm³/mol. The number of oxazole rings is 1. The number of anilines is 1. The summed E-state index contributed by atoms with van der Waals surface area (Å²) in [6.07, 6.45) is 0.410. The third-order valence-electron chi connectivity index (χ3n) is 6.69. The summed E-state index contributed by atoms with van der Waals surface area (Å²) in [5.41, 5.74) is 3.53. The van der Waals surface area contributed by atoms with Gasteiger partial charge in [0.05, 0.1) is 17.0 Å². The van der Waals surface area contributed by atoms with Gasteiger partial charge in [-0.2, -0.15) is 0 Å². The van der Waals surface area contributed by atoms with Gasteiger partial charge in [-0.25, -0.2) is 9.88 Å². The monoisotopic (exact) mass is 555 g/mol. The highest BCUT2D eigenvalue weighted by Gasteiger charge is 2.44. The van der Waals surface area contributed by atoms with Gasteiger partial charge in [0.25, 0.3) is 11.8 Å². The molecule has 6 rings (SSSR count). The molecule has 0 bridgehead atoms. The lowest BCUT2D eigenvalue weighted by molar-refractivity contribution is -0.122. The van der Waals surface area contributed by atoms with Gasteiger partial charge in [0.1, 0.15) is 11.6 Å². The molecular formula is C30H22ClN3O4S. The second-order valence-electron chi connectivity index (χ2n) is 9.18. The molecule has 194 valence electrons. The molecule has 0 spiro atoms. The Morgan fingerprint density at radius 2 is 1.85 bits per heavy atom. The highest BCUT2D eigenvalue weighted by atomic mass is 35.5. The van der Waals surface area contributed by atoms with Gasteiger partial charge in [-0.15, -0.1) is 11.3 Å². The minimum absolute atomic E-state index is 0.0849. The highest BCUT2D eigenvalue weighted by molar-refractivity contribution is 7.12. The van der Waals surface area contributed by atoms with Crippen LogP contribution in [0.1, 0.15) is 21.7 Å². The molecule has 1 aliphatic heterocycles. The Kier molecular flexibility index (Phi) is 6.72. The summed E-state index contributed by atoms with van der Waals surface area (Å²) in [4.78, 5) is 47.9. The van der Waals surface area contributed by atoms with Crippen LogP contribution in [0.25, 0.3) is 22.6 Å². The molecule has 0 N–H and O–H groups in total. The standard InChI is InChI=1S/C30H22ClN3O4S/c31-21-6-3-5-19(17-21)14-15-33(30(37)26-9-4-16-39-26)24-18-27(35)34(29(24)36)22-12-10-20(11-13-22)28-32-23-7-1-2-8-25(23)38-28/h1-13,16-17,24H,14-15,18H2. The average molecular weight is 556 g/mol. The number of aromatic nitrogens is 1. The summed E-state index contributed by atoms with van der Waals surface area (Å²) in [6.45, 7) is 0.269. The van der Waals surface area contributed by atoms with Crippen LogP contribution in [0.5, 0.6) is 0 Å². The number of rotatable bonds is 7. The normalized spacial score (nSPS) is 15.3. The van der Waals surface area contributed by atoms with Crippen molar-refractivity contribution in [2.75, 3.05) is 11.4 Å². The van der Waals surface area contributed by atoms with E-state index < -0.39 is 11.9 Å². The van der Waals surface area contributed by atoms with E-state index in [4.69, 9.17) is 16.0 Å². The molecule has 0 saturated carbocycles. The molecule has 3 heterocycles. The quantitative estimate of drug-likeness (QED) is 0.222. The van der Waals surface area contributed by atoms with Gasteiger partial charge < -0.3 is 9.32 Å². The molecule has 7 nitrogen and oxygen atoms in total. The van der Waals surface area contributed by atoms with Gasteiger partial charge in [-0.05, 0) is 72.0 Å². The molecule has 2 aromatic heterocycles. The fourth-order valence-corrected chi connectivity index (χ4v) is 5.65. The lowest BCUT2D eigenvalue weighted by atomic mass is 10.1. The van der Waals surface area contributed by atoms with Crippen LogP contribution in [0.2, 0.25) is 5.02 Å². The van der Waals surface area contributed by atoms with Crippen molar-refractivity contribution in [3.05, 3.63) is 106 Å². The van der Waals surface area contributed by atoms with Crippen LogP contribution in [0, 0.1) is 0 Å². The number of amides is 3. The van der Waals surface area contributed by atoms with E-state index in [-0.39, 0.29) is 24.8 Å². The van der Waals surface area contributed by atoms with Gasteiger partial charge >= 0.3 is 0 Å². The summed E-state index contributed by atoms with van der Waals surface area (Å²) in [7, 11) is 0. The van der Waals surface area contributed by atoms with Crippen LogP contribution >= 0.6 is 22.9 Å². The van der Waals surface area contributed by atoms with E-state index in [1.54, 1.807) is 42.5 Å². The lowest BCUT2D eigenvalue weighted by Crippen LogP contribution is -2.46. The van der Waals surface area contributed by atoms with E-state index in [2.05, 4.69) is 4.98 Å². The van der Waals surface area contributed by atoms with Crippen molar-refractivity contribution in [1.82, 2.24) is 9.88 Å². The summed E-state index contributed by atoms with van der Waals surface area (Å²) in [5, 5.41) is 2.41. The first kappa shape index (κ1) is 25.0. The van der Waals surface area contributed by atoms with E-state index in [1.807, 2.05) is 47.8 Å². The number of hydrogen-bond donors (Lipinski definition) is 0. The SMILES string of the molecule is O=C1CC(N(CCc2cccc(Cl)c2)C(=O)c2cccs2)C(=O)N1c1ccc(-c2nc3ccccc3o2)cc1. The summed E-state index contributed by atoms with van der Waals surface area (Å²) < 4.78 is 5.83. The molecule has 0 aliphatic carbocycles. The largest absolute Gasteiger partial charge is 0.436 e. The van der Waals surface area contributed by atoms with Crippen molar-refractivity contribution in [3.63, 3.8) is 0 Å². The molecule has 5 aromatic rings. The topological polar surface area (TPSA) is 83.7 Å². The molecular weight excluding hydrogens is 534 g/mol. The van der Waals surface area contributed by atoms with Crippen molar-refractivity contribution in [1.29, 1.82) is 0 Å². The number of thiophene rings is 1. The Balaban J connectivity index is 1.25. The highest BCUT2D eigenvalue weighted by Crippen LogP contribution is 2.30. The first-order valence-corrected chi connectivity index (χ1v) is 13.7. The smallest absolute Gasteiger partial charge is 0.264 e. The zero-order valence-electron chi connectivity index (χ0n) is 20.6. The van der Waals surface area contributed by atoms with Crippen molar-refractivity contribution >= 4 is 57.4 Å². The minimum atomic E-state index is -0.900. The minimum Gasteiger partial charge on any atom is -0.436 e. The zero-order valence-corrected chi connectivity index (χ0v) is 22.2. The number of para-hydroxylation sites is 2. The number of carbonyl (C=O) groups is 3. The number of imide groups is 1. The van der Waals surface area contributed by atoms with Gasteiger partial charge in [0.15, 0.2) is 5.58 Å². The maximum atomic E-state index is 13.6. The molecule has 39 heavy (non-hydrogen) atoms. The van der Waals surface area contributed by atoms with Crippen LogP contribution in [0.3, 0.4) is 0 Å². The molecule has 1 atom stereocenters. The third-order valence-corrected chi connectivity index (χ3v) is 7.78. The van der Waals surface area contributed by atoms with Gasteiger partial charge in [-0.3, -0.25) is 14.4 Å². The second kappa shape index (κ2) is 10.5. The average Bonchev–Trinajstić information content (AvgIpc) is 3.69. The van der Waals surface area contributed by atoms with Crippen molar-refractivity contribution in [2.45, 2.75) is 18.9 Å². The Morgan fingerprint density at radius 1 is 1.03 bits per heavy atom. The Hall–Kier alpha value is -4.27. The van der Waals surface area contributed by atoms with Gasteiger partial charge in [0.2, 0.25) is 11.8 Å². The second-order valence-corrected chi connectivity index (χ2v) is 10.6. The molecule has 1 unspecified atom stereocenters. The number of nitrogens with zero attached hydrogens (tertiary/aromatic N) is 3. The number of halogens is 1. The number of carbonyl (C=O) groups excluding carboxylic acids is 3. The molecule has 1 saturated heterocycles. The summed E-state index contributed by atoms with van der Waals surface area (Å²) >= 11 is 7.44. The van der Waals surface area contributed by atoms with Crippen molar-refractivity contribution in [2.24, 2.45) is 0 Å². The lowest BCUT2D eigenvalue weighted by Gasteiger charge is -2.27. The molecule has 1 aliphatic rings. The van der Waals surface area contributed by atoms with Gasteiger partial charge in [0, 0.05) is 17.1 Å². The molecule has 3 aromatic carbocycles. The predicted octanol–water partition coefficient (Wildman–Crippen LogP) is 6.23. The van der Waals surface area contributed by atoms with Gasteiger partial charge in [-0.1, -0.05) is 41.9 Å². The van der Waals surface area contributed by atoms with Crippen LogP contribution in [-0.2, 0) is 16.0 Å². The fraction of sp³-hybridized carbons (Fsp3) is 0.133. The zero-order chi connectivity index (χ0) is 26.9. The van der Waals surface area contributed by atoms with E-state index >= 15 is 0 Å². The Morgan fingerprint density at radius 3 is 2.59 bits per heavy atom.